The van der Waals surface area contributed by atoms with E-state index in [-0.39, 0.29) is 17.7 Å². The Morgan fingerprint density at radius 1 is 1.11 bits per heavy atom. The Hall–Kier alpha value is -2.34. The molecule has 1 aromatic carbocycles. The number of piperidine rings is 1. The molecule has 0 radical (unpaired) electrons. The average molecular weight is 382 g/mol. The van der Waals surface area contributed by atoms with Crippen molar-refractivity contribution in [1.29, 1.82) is 0 Å². The molecular weight excluding hydrogens is 360 g/mol. The number of amides is 1. The SMILES string of the molecule is O=C(c1csc2c1CCCC2)N1CCC(n2c(=O)oc3ccccc32)CC1. The van der Waals surface area contributed by atoms with Crippen molar-refractivity contribution in [3.63, 3.8) is 0 Å². The maximum atomic E-state index is 13.1. The largest absolute Gasteiger partial charge is 0.420 e. The number of fused-ring (bicyclic) bond motifs is 2. The van der Waals surface area contributed by atoms with Crippen molar-refractivity contribution < 1.29 is 9.21 Å². The molecule has 5 rings (SSSR count). The van der Waals surface area contributed by atoms with Gasteiger partial charge in [0.2, 0.25) is 0 Å². The minimum atomic E-state index is -0.298. The second-order valence-electron chi connectivity index (χ2n) is 7.49. The number of hydrogen-bond acceptors (Lipinski definition) is 4. The van der Waals surface area contributed by atoms with Crippen LogP contribution in [0, 0.1) is 0 Å². The van der Waals surface area contributed by atoms with Gasteiger partial charge in [0.1, 0.15) is 0 Å². The number of carbonyl (C=O) groups is 1. The Labute approximate surface area is 161 Å². The highest BCUT2D eigenvalue weighted by Crippen LogP contribution is 2.32. The Morgan fingerprint density at radius 3 is 2.74 bits per heavy atom. The summed E-state index contributed by atoms with van der Waals surface area (Å²) in [6, 6.07) is 7.63. The number of oxazole rings is 1. The van der Waals surface area contributed by atoms with E-state index in [9.17, 15) is 9.59 Å². The van der Waals surface area contributed by atoms with Gasteiger partial charge < -0.3 is 9.32 Å². The van der Waals surface area contributed by atoms with E-state index in [2.05, 4.69) is 5.38 Å². The molecule has 0 N–H and O–H groups in total. The normalized spacial score (nSPS) is 18.0. The number of likely N-dealkylation sites (tertiary alicyclic amines) is 1. The summed E-state index contributed by atoms with van der Waals surface area (Å²) in [7, 11) is 0. The molecule has 3 heterocycles. The lowest BCUT2D eigenvalue weighted by atomic mass is 9.95. The number of para-hydroxylation sites is 2. The molecule has 0 spiro atoms. The first-order valence-corrected chi connectivity index (χ1v) is 10.6. The van der Waals surface area contributed by atoms with Crippen LogP contribution in [0.1, 0.15) is 52.5 Å². The number of rotatable bonds is 2. The van der Waals surface area contributed by atoms with Gasteiger partial charge in [-0.15, -0.1) is 11.3 Å². The van der Waals surface area contributed by atoms with Crippen LogP contribution in [0.5, 0.6) is 0 Å². The monoisotopic (exact) mass is 382 g/mol. The van der Waals surface area contributed by atoms with E-state index in [0.29, 0.717) is 18.7 Å². The number of benzene rings is 1. The maximum Gasteiger partial charge on any atom is 0.420 e. The predicted molar refractivity (Wildman–Crippen MR) is 106 cm³/mol. The molecule has 6 heteroatoms. The number of nitrogens with zero attached hydrogens (tertiary/aromatic N) is 2. The molecule has 0 atom stereocenters. The summed E-state index contributed by atoms with van der Waals surface area (Å²) in [4.78, 5) is 28.7. The van der Waals surface area contributed by atoms with Crippen molar-refractivity contribution in [1.82, 2.24) is 9.47 Å². The highest BCUT2D eigenvalue weighted by atomic mass is 32.1. The summed E-state index contributed by atoms with van der Waals surface area (Å²) in [6.07, 6.45) is 6.13. The molecule has 3 aromatic rings. The zero-order valence-electron chi connectivity index (χ0n) is 15.1. The number of thiophene rings is 1. The number of carbonyl (C=O) groups excluding carboxylic acids is 1. The molecule has 0 unspecified atom stereocenters. The van der Waals surface area contributed by atoms with Gasteiger partial charge in [-0.2, -0.15) is 0 Å². The molecule has 1 amide bonds. The second kappa shape index (κ2) is 6.68. The minimum Gasteiger partial charge on any atom is -0.408 e. The molecule has 140 valence electrons. The van der Waals surface area contributed by atoms with Crippen LogP contribution in [0.15, 0.2) is 38.9 Å². The Bertz CT molecular complexity index is 1050. The molecule has 2 aromatic heterocycles. The molecule has 1 aliphatic heterocycles. The lowest BCUT2D eigenvalue weighted by Crippen LogP contribution is -2.40. The van der Waals surface area contributed by atoms with Gasteiger partial charge >= 0.3 is 5.76 Å². The zero-order chi connectivity index (χ0) is 18.4. The highest BCUT2D eigenvalue weighted by molar-refractivity contribution is 7.10. The van der Waals surface area contributed by atoms with Crippen LogP contribution in [-0.4, -0.2) is 28.5 Å². The summed E-state index contributed by atoms with van der Waals surface area (Å²) in [5.41, 5.74) is 3.68. The Kier molecular flexibility index (Phi) is 4.16. The van der Waals surface area contributed by atoms with Gasteiger partial charge in [-0.3, -0.25) is 9.36 Å². The Balaban J connectivity index is 1.34. The van der Waals surface area contributed by atoms with E-state index in [1.54, 1.807) is 15.9 Å². The third-order valence-electron chi connectivity index (χ3n) is 5.93. The molecule has 0 bridgehead atoms. The lowest BCUT2D eigenvalue weighted by molar-refractivity contribution is 0.0693. The molecule has 2 aliphatic rings. The fraction of sp³-hybridized carbons (Fsp3) is 0.429. The maximum absolute atomic E-state index is 13.1. The van der Waals surface area contributed by atoms with Gasteiger partial charge in [0, 0.05) is 29.4 Å². The topological polar surface area (TPSA) is 55.5 Å². The quantitative estimate of drug-likeness (QED) is 0.673. The van der Waals surface area contributed by atoms with Gasteiger partial charge in [0.25, 0.3) is 5.91 Å². The van der Waals surface area contributed by atoms with E-state index in [1.807, 2.05) is 29.2 Å². The van der Waals surface area contributed by atoms with Gasteiger partial charge in [-0.1, -0.05) is 12.1 Å². The first-order chi connectivity index (χ1) is 13.2. The highest BCUT2D eigenvalue weighted by Gasteiger charge is 2.29. The van der Waals surface area contributed by atoms with Crippen LogP contribution in [-0.2, 0) is 12.8 Å². The van der Waals surface area contributed by atoms with E-state index in [0.717, 1.165) is 36.8 Å². The summed E-state index contributed by atoms with van der Waals surface area (Å²) < 4.78 is 7.14. The van der Waals surface area contributed by atoms with Crippen molar-refractivity contribution in [3.05, 3.63) is 56.2 Å². The van der Waals surface area contributed by atoms with Gasteiger partial charge in [-0.05, 0) is 56.2 Å². The molecule has 1 fully saturated rings. The number of hydrogen-bond donors (Lipinski definition) is 0. The van der Waals surface area contributed by atoms with Crippen molar-refractivity contribution in [2.45, 2.75) is 44.6 Å². The van der Waals surface area contributed by atoms with Gasteiger partial charge in [0.15, 0.2) is 5.58 Å². The van der Waals surface area contributed by atoms with Crippen molar-refractivity contribution in [2.24, 2.45) is 0 Å². The molecule has 27 heavy (non-hydrogen) atoms. The van der Waals surface area contributed by atoms with Crippen LogP contribution in [0.3, 0.4) is 0 Å². The molecule has 5 nitrogen and oxygen atoms in total. The van der Waals surface area contributed by atoms with Crippen molar-refractivity contribution in [2.75, 3.05) is 13.1 Å². The van der Waals surface area contributed by atoms with Gasteiger partial charge in [-0.25, -0.2) is 4.79 Å². The lowest BCUT2D eigenvalue weighted by Gasteiger charge is -2.32. The van der Waals surface area contributed by atoms with Crippen LogP contribution in [0.25, 0.3) is 11.1 Å². The Morgan fingerprint density at radius 2 is 1.89 bits per heavy atom. The van der Waals surface area contributed by atoms with Gasteiger partial charge in [0.05, 0.1) is 11.1 Å². The third kappa shape index (κ3) is 2.83. The number of aromatic nitrogens is 1. The number of aryl methyl sites for hydroxylation is 1. The summed E-state index contributed by atoms with van der Waals surface area (Å²) in [6.45, 7) is 1.36. The zero-order valence-corrected chi connectivity index (χ0v) is 16.0. The molecule has 1 aliphatic carbocycles. The smallest absolute Gasteiger partial charge is 0.408 e. The standard InChI is InChI=1S/C21H22N2O3S/c24-20(16-13-27-19-8-4-1-5-15(16)19)22-11-9-14(10-12-22)23-17-6-2-3-7-18(17)26-21(23)25/h2-3,6-7,13-14H,1,4-5,8-12H2. The van der Waals surface area contributed by atoms with E-state index in [1.165, 1.54) is 23.3 Å². The summed E-state index contributed by atoms with van der Waals surface area (Å²) in [5, 5.41) is 2.05. The van der Waals surface area contributed by atoms with Crippen LogP contribution in [0.2, 0.25) is 0 Å². The molecule has 1 saturated heterocycles. The van der Waals surface area contributed by atoms with Crippen LogP contribution in [0.4, 0.5) is 0 Å². The van der Waals surface area contributed by atoms with E-state index >= 15 is 0 Å². The summed E-state index contributed by atoms with van der Waals surface area (Å²) in [5.74, 6) is -0.134. The minimum absolute atomic E-state index is 0.0848. The van der Waals surface area contributed by atoms with Crippen molar-refractivity contribution >= 4 is 28.3 Å². The predicted octanol–water partition coefficient (Wildman–Crippen LogP) is 4.01. The van der Waals surface area contributed by atoms with E-state index in [4.69, 9.17) is 4.42 Å². The first-order valence-electron chi connectivity index (χ1n) is 9.71. The van der Waals surface area contributed by atoms with Crippen LogP contribution >= 0.6 is 11.3 Å². The molecular formula is C21H22N2O3S. The first kappa shape index (κ1) is 16.8. The van der Waals surface area contributed by atoms with Crippen LogP contribution < -0.4 is 5.76 Å². The second-order valence-corrected chi connectivity index (χ2v) is 8.45. The molecule has 0 saturated carbocycles. The van der Waals surface area contributed by atoms with E-state index < -0.39 is 0 Å². The third-order valence-corrected chi connectivity index (χ3v) is 7.02. The van der Waals surface area contributed by atoms with Crippen molar-refractivity contribution in [3.8, 4) is 0 Å². The fourth-order valence-electron chi connectivity index (χ4n) is 4.50. The average Bonchev–Trinajstić information content (AvgIpc) is 3.28. The fourth-order valence-corrected chi connectivity index (χ4v) is 5.62. The summed E-state index contributed by atoms with van der Waals surface area (Å²) >= 11 is 1.74.